The van der Waals surface area contributed by atoms with E-state index >= 15 is 0 Å². The van der Waals surface area contributed by atoms with E-state index in [0.717, 1.165) is 63.8 Å². The third kappa shape index (κ3) is 5.66. The largest absolute Gasteiger partial charge is 0.381 e. The molecule has 0 aromatic carbocycles. The lowest BCUT2D eigenvalue weighted by Gasteiger charge is -2.41. The van der Waals surface area contributed by atoms with Gasteiger partial charge in [0.05, 0.1) is 17.2 Å². The molecule has 6 nitrogen and oxygen atoms in total. The number of ether oxygens (including phenoxy) is 1. The molecule has 0 saturated carbocycles. The first-order valence-corrected chi connectivity index (χ1v) is 9.99. The molecule has 2 N–H and O–H groups in total. The summed E-state index contributed by atoms with van der Waals surface area (Å²) in [5.74, 6) is 0.889. The summed E-state index contributed by atoms with van der Waals surface area (Å²) in [6.07, 6.45) is 2.98. The topological polar surface area (TPSA) is 61.8 Å². The first-order chi connectivity index (χ1) is 12.0. The van der Waals surface area contributed by atoms with Crippen molar-refractivity contribution in [3.05, 3.63) is 15.6 Å². The Morgan fingerprint density at radius 1 is 1.28 bits per heavy atom. The molecule has 7 heteroatoms. The molecule has 1 saturated heterocycles. The van der Waals surface area contributed by atoms with E-state index < -0.39 is 0 Å². The van der Waals surface area contributed by atoms with Gasteiger partial charge in [0, 0.05) is 43.1 Å². The van der Waals surface area contributed by atoms with Crippen LogP contribution in [0.15, 0.2) is 4.99 Å². The highest BCUT2D eigenvalue weighted by atomic mass is 32.1. The van der Waals surface area contributed by atoms with E-state index in [1.54, 1.807) is 11.3 Å². The lowest BCUT2D eigenvalue weighted by atomic mass is 9.89. The minimum atomic E-state index is 0.101. The molecule has 142 valence electrons. The monoisotopic (exact) mass is 367 g/mol. The molecule has 1 aliphatic heterocycles. The lowest BCUT2D eigenvalue weighted by Crippen LogP contribution is -2.51. The Hall–Kier alpha value is -1.18. The van der Waals surface area contributed by atoms with Crippen LogP contribution in [-0.4, -0.2) is 68.3 Å². The van der Waals surface area contributed by atoms with Crippen molar-refractivity contribution in [2.75, 3.05) is 46.9 Å². The van der Waals surface area contributed by atoms with Crippen molar-refractivity contribution < 1.29 is 4.74 Å². The van der Waals surface area contributed by atoms with Crippen LogP contribution in [0.1, 0.15) is 35.3 Å². The Bertz CT molecular complexity index is 544. The highest BCUT2D eigenvalue weighted by Gasteiger charge is 2.34. The first kappa shape index (κ1) is 20.1. The van der Waals surface area contributed by atoms with Gasteiger partial charge in [-0.15, -0.1) is 11.3 Å². The van der Waals surface area contributed by atoms with Crippen LogP contribution >= 0.6 is 11.3 Å². The fourth-order valence-electron chi connectivity index (χ4n) is 3.00. The summed E-state index contributed by atoms with van der Waals surface area (Å²) in [7, 11) is 4.29. The number of hydrogen-bond acceptors (Lipinski definition) is 5. The van der Waals surface area contributed by atoms with Crippen LogP contribution in [0.2, 0.25) is 0 Å². The molecule has 1 fully saturated rings. The maximum absolute atomic E-state index is 5.54. The summed E-state index contributed by atoms with van der Waals surface area (Å²) >= 11 is 1.79. The Kier molecular flexibility index (Phi) is 7.65. The van der Waals surface area contributed by atoms with E-state index in [4.69, 9.17) is 9.73 Å². The second kappa shape index (κ2) is 9.50. The average Bonchev–Trinajstić information content (AvgIpc) is 2.91. The highest BCUT2D eigenvalue weighted by Crippen LogP contribution is 2.26. The number of likely N-dealkylation sites (N-methyl/N-ethyl adjacent to an activating group) is 1. The predicted octanol–water partition coefficient (Wildman–Crippen LogP) is 1.97. The van der Waals surface area contributed by atoms with Crippen LogP contribution in [-0.2, 0) is 11.2 Å². The number of nitrogens with one attached hydrogen (secondary N) is 2. The lowest BCUT2D eigenvalue weighted by molar-refractivity contribution is -0.00254. The number of rotatable bonds is 7. The molecule has 1 aromatic rings. The molecule has 0 bridgehead atoms. The molecule has 1 aliphatic rings. The summed E-state index contributed by atoms with van der Waals surface area (Å²) < 4.78 is 5.54. The van der Waals surface area contributed by atoms with Crippen molar-refractivity contribution >= 4 is 17.3 Å². The zero-order valence-corrected chi connectivity index (χ0v) is 17.1. The van der Waals surface area contributed by atoms with Gasteiger partial charge in [-0.1, -0.05) is 0 Å². The standard InChI is InChI=1S/C18H33N5OS/c1-6-19-17(20-10-7-16-22-14(2)15(3)25-16)21-13-18(23(4)5)8-11-24-12-9-18/h6-13H2,1-5H3,(H2,19,20,21). The molecule has 0 amide bonds. The molecular weight excluding hydrogens is 334 g/mol. The Morgan fingerprint density at radius 3 is 2.56 bits per heavy atom. The number of aliphatic imine (C=N–C) groups is 1. The Morgan fingerprint density at radius 2 is 2.00 bits per heavy atom. The number of hydrogen-bond donors (Lipinski definition) is 2. The maximum atomic E-state index is 5.54. The zero-order chi connectivity index (χ0) is 18.3. The minimum absolute atomic E-state index is 0.101. The van der Waals surface area contributed by atoms with Crippen LogP contribution in [0.25, 0.3) is 0 Å². The summed E-state index contributed by atoms with van der Waals surface area (Å²) in [4.78, 5) is 13.1. The van der Waals surface area contributed by atoms with Crippen molar-refractivity contribution in [2.45, 2.75) is 45.6 Å². The Balaban J connectivity index is 1.92. The van der Waals surface area contributed by atoms with Crippen LogP contribution in [0.5, 0.6) is 0 Å². The van der Waals surface area contributed by atoms with Gasteiger partial charge in [0.1, 0.15) is 0 Å². The van der Waals surface area contributed by atoms with E-state index in [1.807, 2.05) is 0 Å². The van der Waals surface area contributed by atoms with Gasteiger partial charge in [0.25, 0.3) is 0 Å². The first-order valence-electron chi connectivity index (χ1n) is 9.17. The molecule has 25 heavy (non-hydrogen) atoms. The van der Waals surface area contributed by atoms with E-state index in [0.29, 0.717) is 0 Å². The smallest absolute Gasteiger partial charge is 0.191 e. The van der Waals surface area contributed by atoms with Gasteiger partial charge in [-0.3, -0.25) is 4.99 Å². The van der Waals surface area contributed by atoms with Crippen LogP contribution < -0.4 is 10.6 Å². The number of aromatic nitrogens is 1. The quantitative estimate of drug-likeness (QED) is 0.570. The molecule has 2 heterocycles. The van der Waals surface area contributed by atoms with Crippen molar-refractivity contribution in [3.8, 4) is 0 Å². The highest BCUT2D eigenvalue weighted by molar-refractivity contribution is 7.11. The van der Waals surface area contributed by atoms with Crippen molar-refractivity contribution in [3.63, 3.8) is 0 Å². The summed E-state index contributed by atoms with van der Waals surface area (Å²) in [5, 5.41) is 7.99. The molecule has 0 spiro atoms. The van der Waals surface area contributed by atoms with Gasteiger partial charge in [-0.25, -0.2) is 4.98 Å². The third-order valence-corrected chi connectivity index (χ3v) is 6.08. The Labute approximate surface area is 156 Å². The molecule has 0 aliphatic carbocycles. The molecule has 1 aromatic heterocycles. The summed E-state index contributed by atoms with van der Waals surface area (Å²) in [6, 6.07) is 0. The van der Waals surface area contributed by atoms with Crippen molar-refractivity contribution in [1.29, 1.82) is 0 Å². The van der Waals surface area contributed by atoms with E-state index in [1.165, 1.54) is 9.88 Å². The number of aryl methyl sites for hydroxylation is 2. The second-order valence-electron chi connectivity index (χ2n) is 6.85. The van der Waals surface area contributed by atoms with Crippen LogP contribution in [0.3, 0.4) is 0 Å². The van der Waals surface area contributed by atoms with Gasteiger partial charge in [0.15, 0.2) is 5.96 Å². The predicted molar refractivity (Wildman–Crippen MR) is 106 cm³/mol. The SMILES string of the molecule is CCNC(=NCC1(N(C)C)CCOCC1)NCCc1nc(C)c(C)s1. The molecule has 0 unspecified atom stereocenters. The van der Waals surface area contributed by atoms with Gasteiger partial charge < -0.3 is 20.3 Å². The molecule has 0 radical (unpaired) electrons. The number of nitrogens with zero attached hydrogens (tertiary/aromatic N) is 3. The van der Waals surface area contributed by atoms with Crippen LogP contribution in [0.4, 0.5) is 0 Å². The van der Waals surface area contributed by atoms with Crippen molar-refractivity contribution in [1.82, 2.24) is 20.5 Å². The van der Waals surface area contributed by atoms with Gasteiger partial charge in [-0.2, -0.15) is 0 Å². The average molecular weight is 368 g/mol. The fraction of sp³-hybridized carbons (Fsp3) is 0.778. The third-order valence-electron chi connectivity index (χ3n) is 4.95. The fourth-order valence-corrected chi connectivity index (χ4v) is 3.93. The van der Waals surface area contributed by atoms with E-state index in [-0.39, 0.29) is 5.54 Å². The molecular formula is C18H33N5OS. The number of thiazole rings is 1. The van der Waals surface area contributed by atoms with E-state index in [9.17, 15) is 0 Å². The normalized spacial score (nSPS) is 17.8. The van der Waals surface area contributed by atoms with Crippen LogP contribution in [0, 0.1) is 13.8 Å². The summed E-state index contributed by atoms with van der Waals surface area (Å²) in [6.45, 7) is 10.4. The molecule has 0 atom stereocenters. The van der Waals surface area contributed by atoms with Gasteiger partial charge in [0.2, 0.25) is 0 Å². The maximum Gasteiger partial charge on any atom is 0.191 e. The minimum Gasteiger partial charge on any atom is -0.381 e. The molecule has 2 rings (SSSR count). The zero-order valence-electron chi connectivity index (χ0n) is 16.3. The number of guanidine groups is 1. The van der Waals surface area contributed by atoms with Gasteiger partial charge >= 0.3 is 0 Å². The second-order valence-corrected chi connectivity index (χ2v) is 8.14. The van der Waals surface area contributed by atoms with Gasteiger partial charge in [-0.05, 0) is 47.7 Å². The van der Waals surface area contributed by atoms with E-state index in [2.05, 4.69) is 55.4 Å². The van der Waals surface area contributed by atoms with Crippen molar-refractivity contribution in [2.24, 2.45) is 4.99 Å². The summed E-state index contributed by atoms with van der Waals surface area (Å²) in [5.41, 5.74) is 1.25.